The average Bonchev–Trinajstić information content (AvgIpc) is 2.96. The number of aryl methyl sites for hydroxylation is 1. The first kappa shape index (κ1) is 12.7. The SMILES string of the molecule is CC1(C(=O)NC2CCc3ccccc32)CCCC1N. The van der Waals surface area contributed by atoms with Crippen molar-refractivity contribution in [3.8, 4) is 0 Å². The quantitative estimate of drug-likeness (QED) is 0.855. The number of benzene rings is 1. The molecule has 1 fully saturated rings. The normalized spacial score (nSPS) is 33.2. The van der Waals surface area contributed by atoms with Crippen molar-refractivity contribution in [2.24, 2.45) is 11.1 Å². The fraction of sp³-hybridized carbons (Fsp3) is 0.562. The van der Waals surface area contributed by atoms with Gasteiger partial charge in [-0.1, -0.05) is 30.7 Å². The molecule has 0 spiro atoms. The van der Waals surface area contributed by atoms with E-state index >= 15 is 0 Å². The van der Waals surface area contributed by atoms with Gasteiger partial charge >= 0.3 is 0 Å². The Morgan fingerprint density at radius 1 is 1.37 bits per heavy atom. The molecule has 3 nitrogen and oxygen atoms in total. The topological polar surface area (TPSA) is 55.1 Å². The molecule has 0 saturated heterocycles. The number of hydrogen-bond acceptors (Lipinski definition) is 2. The number of nitrogens with two attached hydrogens (primary N) is 1. The summed E-state index contributed by atoms with van der Waals surface area (Å²) in [4.78, 5) is 12.6. The maximum atomic E-state index is 12.6. The minimum atomic E-state index is -0.377. The molecule has 2 aliphatic rings. The van der Waals surface area contributed by atoms with E-state index < -0.39 is 0 Å². The second-order valence-corrected chi connectivity index (χ2v) is 6.18. The predicted molar refractivity (Wildman–Crippen MR) is 75.6 cm³/mol. The number of carbonyl (C=O) groups excluding carboxylic acids is 1. The Morgan fingerprint density at radius 3 is 2.89 bits per heavy atom. The molecule has 0 aromatic heterocycles. The molecule has 3 N–H and O–H groups in total. The molecule has 2 aliphatic carbocycles. The highest BCUT2D eigenvalue weighted by Crippen LogP contribution is 2.38. The maximum absolute atomic E-state index is 12.6. The number of carbonyl (C=O) groups is 1. The average molecular weight is 258 g/mol. The van der Waals surface area contributed by atoms with Crippen molar-refractivity contribution >= 4 is 5.91 Å². The molecule has 1 saturated carbocycles. The number of amides is 1. The van der Waals surface area contributed by atoms with Crippen LogP contribution in [-0.4, -0.2) is 11.9 Å². The first-order valence-electron chi connectivity index (χ1n) is 7.25. The van der Waals surface area contributed by atoms with Gasteiger partial charge in [0, 0.05) is 6.04 Å². The smallest absolute Gasteiger partial charge is 0.227 e. The van der Waals surface area contributed by atoms with Gasteiger partial charge in [-0.3, -0.25) is 4.79 Å². The van der Waals surface area contributed by atoms with Crippen molar-refractivity contribution in [3.63, 3.8) is 0 Å². The van der Waals surface area contributed by atoms with Gasteiger partial charge in [-0.2, -0.15) is 0 Å². The minimum absolute atomic E-state index is 0.00384. The van der Waals surface area contributed by atoms with Crippen LogP contribution in [0.1, 0.15) is 49.8 Å². The van der Waals surface area contributed by atoms with E-state index in [4.69, 9.17) is 5.73 Å². The van der Waals surface area contributed by atoms with Crippen LogP contribution in [0.5, 0.6) is 0 Å². The second-order valence-electron chi connectivity index (χ2n) is 6.18. The van der Waals surface area contributed by atoms with Crippen LogP contribution < -0.4 is 11.1 Å². The van der Waals surface area contributed by atoms with E-state index in [2.05, 4.69) is 23.5 Å². The third-order valence-electron chi connectivity index (χ3n) is 4.99. The van der Waals surface area contributed by atoms with Crippen LogP contribution in [0.25, 0.3) is 0 Å². The lowest BCUT2D eigenvalue weighted by Gasteiger charge is -2.29. The molecule has 19 heavy (non-hydrogen) atoms. The highest BCUT2D eigenvalue weighted by molar-refractivity contribution is 5.84. The summed E-state index contributed by atoms with van der Waals surface area (Å²) in [6.45, 7) is 2.01. The predicted octanol–water partition coefficient (Wildman–Crippen LogP) is 2.31. The summed E-state index contributed by atoms with van der Waals surface area (Å²) in [6, 6.07) is 8.58. The Bertz CT molecular complexity index is 499. The molecule has 102 valence electrons. The molecule has 3 heteroatoms. The van der Waals surface area contributed by atoms with Crippen LogP contribution in [0.4, 0.5) is 0 Å². The molecule has 0 bridgehead atoms. The lowest BCUT2D eigenvalue weighted by atomic mass is 9.84. The lowest BCUT2D eigenvalue weighted by molar-refractivity contribution is -0.131. The van der Waals surface area contributed by atoms with Crippen LogP contribution >= 0.6 is 0 Å². The van der Waals surface area contributed by atoms with Crippen LogP contribution in [0.2, 0.25) is 0 Å². The minimum Gasteiger partial charge on any atom is -0.349 e. The Balaban J connectivity index is 1.75. The van der Waals surface area contributed by atoms with E-state index in [1.807, 2.05) is 13.0 Å². The molecular weight excluding hydrogens is 236 g/mol. The molecule has 1 aromatic rings. The third kappa shape index (κ3) is 2.06. The van der Waals surface area contributed by atoms with E-state index in [-0.39, 0.29) is 23.4 Å². The summed E-state index contributed by atoms with van der Waals surface area (Å²) in [6.07, 6.45) is 5.01. The summed E-state index contributed by atoms with van der Waals surface area (Å²) in [5.41, 5.74) is 8.40. The van der Waals surface area contributed by atoms with Crippen LogP contribution in [0.3, 0.4) is 0 Å². The van der Waals surface area contributed by atoms with Crippen LogP contribution in [0, 0.1) is 5.41 Å². The third-order valence-corrected chi connectivity index (χ3v) is 4.99. The van der Waals surface area contributed by atoms with Gasteiger partial charge in [0.05, 0.1) is 11.5 Å². The molecule has 3 rings (SSSR count). The van der Waals surface area contributed by atoms with E-state index in [9.17, 15) is 4.79 Å². The Kier molecular flexibility index (Phi) is 3.09. The van der Waals surface area contributed by atoms with Gasteiger partial charge in [0.1, 0.15) is 0 Å². The summed E-state index contributed by atoms with van der Waals surface area (Å²) in [5, 5.41) is 3.23. The molecular formula is C16H22N2O. The molecule has 3 atom stereocenters. The summed E-state index contributed by atoms with van der Waals surface area (Å²) >= 11 is 0. The lowest BCUT2D eigenvalue weighted by Crippen LogP contribution is -2.48. The van der Waals surface area contributed by atoms with Crippen LogP contribution in [-0.2, 0) is 11.2 Å². The molecule has 1 aromatic carbocycles. The van der Waals surface area contributed by atoms with Crippen LogP contribution in [0.15, 0.2) is 24.3 Å². The Morgan fingerprint density at radius 2 is 2.16 bits per heavy atom. The highest BCUT2D eigenvalue weighted by atomic mass is 16.2. The summed E-state index contributed by atoms with van der Waals surface area (Å²) in [5.74, 6) is 0.138. The summed E-state index contributed by atoms with van der Waals surface area (Å²) < 4.78 is 0. The monoisotopic (exact) mass is 258 g/mol. The zero-order chi connectivity index (χ0) is 13.5. The Labute approximate surface area is 114 Å². The van der Waals surface area contributed by atoms with E-state index in [1.165, 1.54) is 11.1 Å². The van der Waals surface area contributed by atoms with Gasteiger partial charge < -0.3 is 11.1 Å². The molecule has 0 radical (unpaired) electrons. The van der Waals surface area contributed by atoms with E-state index in [0.29, 0.717) is 0 Å². The maximum Gasteiger partial charge on any atom is 0.227 e. The largest absolute Gasteiger partial charge is 0.349 e. The molecule has 3 unspecified atom stereocenters. The molecule has 1 amide bonds. The zero-order valence-electron chi connectivity index (χ0n) is 11.5. The second kappa shape index (κ2) is 4.64. The first-order valence-corrected chi connectivity index (χ1v) is 7.25. The van der Waals surface area contributed by atoms with Crippen molar-refractivity contribution in [2.45, 2.75) is 51.1 Å². The first-order chi connectivity index (χ1) is 9.11. The summed E-state index contributed by atoms with van der Waals surface area (Å²) in [7, 11) is 0. The Hall–Kier alpha value is -1.35. The van der Waals surface area contributed by atoms with Gasteiger partial charge in [-0.15, -0.1) is 0 Å². The van der Waals surface area contributed by atoms with Gasteiger partial charge in [0.2, 0.25) is 5.91 Å². The highest BCUT2D eigenvalue weighted by Gasteiger charge is 2.43. The van der Waals surface area contributed by atoms with Gasteiger partial charge in [-0.05, 0) is 43.7 Å². The van der Waals surface area contributed by atoms with Gasteiger partial charge in [0.15, 0.2) is 0 Å². The van der Waals surface area contributed by atoms with Gasteiger partial charge in [-0.25, -0.2) is 0 Å². The van der Waals surface area contributed by atoms with Crippen molar-refractivity contribution in [2.75, 3.05) is 0 Å². The van der Waals surface area contributed by atoms with Crippen molar-refractivity contribution in [1.82, 2.24) is 5.32 Å². The van der Waals surface area contributed by atoms with Crippen molar-refractivity contribution < 1.29 is 4.79 Å². The van der Waals surface area contributed by atoms with E-state index in [0.717, 1.165) is 32.1 Å². The van der Waals surface area contributed by atoms with Gasteiger partial charge in [0.25, 0.3) is 0 Å². The zero-order valence-corrected chi connectivity index (χ0v) is 11.5. The van der Waals surface area contributed by atoms with E-state index in [1.54, 1.807) is 0 Å². The molecule has 0 aliphatic heterocycles. The number of hydrogen-bond donors (Lipinski definition) is 2. The van der Waals surface area contributed by atoms with Crippen molar-refractivity contribution in [3.05, 3.63) is 35.4 Å². The fourth-order valence-electron chi connectivity index (χ4n) is 3.51. The number of nitrogens with one attached hydrogen (secondary N) is 1. The number of fused-ring (bicyclic) bond motifs is 1. The fourth-order valence-corrected chi connectivity index (χ4v) is 3.51. The standard InChI is InChI=1S/C16H22N2O/c1-16(10-4-7-14(16)17)15(19)18-13-9-8-11-5-2-3-6-12(11)13/h2-3,5-6,13-14H,4,7-10,17H2,1H3,(H,18,19). The van der Waals surface area contributed by atoms with Crippen molar-refractivity contribution in [1.29, 1.82) is 0 Å². The number of rotatable bonds is 2. The molecule has 0 heterocycles.